The van der Waals surface area contributed by atoms with Gasteiger partial charge >= 0.3 is 0 Å². The molecule has 0 bridgehead atoms. The van der Waals surface area contributed by atoms with Gasteiger partial charge in [-0.3, -0.25) is 4.79 Å². The Bertz CT molecular complexity index is 341. The van der Waals surface area contributed by atoms with E-state index >= 15 is 0 Å². The second kappa shape index (κ2) is 6.93. The highest BCUT2D eigenvalue weighted by Crippen LogP contribution is 1.95. The summed E-state index contributed by atoms with van der Waals surface area (Å²) >= 11 is 0. The molecule has 0 fully saturated rings. The van der Waals surface area contributed by atoms with E-state index in [-0.39, 0.29) is 24.1 Å². The summed E-state index contributed by atoms with van der Waals surface area (Å²) in [6, 6.07) is -0.781. The molecule has 0 aromatic rings. The number of carbonyl (C=O) groups excluding carboxylic acids is 1. The minimum atomic E-state index is -3.07. The second-order valence-electron chi connectivity index (χ2n) is 4.70. The lowest BCUT2D eigenvalue weighted by molar-refractivity contribution is -0.123. The molecule has 0 heterocycles. The summed E-state index contributed by atoms with van der Waals surface area (Å²) in [6.45, 7) is 2.59. The molecule has 102 valence electrons. The molecule has 7 heteroatoms. The van der Waals surface area contributed by atoms with Gasteiger partial charge in [-0.15, -0.1) is 0 Å². The zero-order valence-electron chi connectivity index (χ0n) is 10.9. The SMILES string of the molecule is CC(CN(C)C)NC(=O)C(N)CCS(C)(=O)=O. The van der Waals surface area contributed by atoms with Crippen molar-refractivity contribution in [1.82, 2.24) is 10.2 Å². The quantitative estimate of drug-likeness (QED) is 0.604. The predicted octanol–water partition coefficient (Wildman–Crippen LogP) is -1.19. The normalized spacial score (nSPS) is 15.6. The van der Waals surface area contributed by atoms with Crippen LogP contribution in [0.5, 0.6) is 0 Å². The average molecular weight is 265 g/mol. The first-order valence-electron chi connectivity index (χ1n) is 5.50. The Morgan fingerprint density at radius 3 is 2.35 bits per heavy atom. The highest BCUT2D eigenvalue weighted by molar-refractivity contribution is 7.90. The largest absolute Gasteiger partial charge is 0.351 e. The highest BCUT2D eigenvalue weighted by Gasteiger charge is 2.17. The van der Waals surface area contributed by atoms with Gasteiger partial charge in [0.1, 0.15) is 9.84 Å². The minimum absolute atomic E-state index is 0.0122. The van der Waals surface area contributed by atoms with Gasteiger partial charge < -0.3 is 16.0 Å². The molecule has 0 aliphatic heterocycles. The Morgan fingerprint density at radius 2 is 1.94 bits per heavy atom. The van der Waals surface area contributed by atoms with Crippen molar-refractivity contribution in [2.45, 2.75) is 25.4 Å². The zero-order chi connectivity index (χ0) is 13.6. The molecule has 0 radical (unpaired) electrons. The number of nitrogens with zero attached hydrogens (tertiary/aromatic N) is 1. The van der Waals surface area contributed by atoms with Gasteiger partial charge in [-0.05, 0) is 27.4 Å². The standard InChI is InChI=1S/C10H23N3O3S/c1-8(7-13(2)3)12-10(14)9(11)5-6-17(4,15)16/h8-9H,5-7,11H2,1-4H3,(H,12,14). The zero-order valence-corrected chi connectivity index (χ0v) is 11.8. The summed E-state index contributed by atoms with van der Waals surface area (Å²) in [5.41, 5.74) is 5.61. The van der Waals surface area contributed by atoms with Crippen molar-refractivity contribution in [2.24, 2.45) is 5.73 Å². The van der Waals surface area contributed by atoms with Crippen LogP contribution in [0.15, 0.2) is 0 Å². The number of amides is 1. The van der Waals surface area contributed by atoms with Gasteiger partial charge in [0.05, 0.1) is 11.8 Å². The molecule has 0 saturated heterocycles. The first-order chi connectivity index (χ1) is 7.61. The van der Waals surface area contributed by atoms with E-state index in [1.165, 1.54) is 0 Å². The van der Waals surface area contributed by atoms with Crippen LogP contribution in [0, 0.1) is 0 Å². The molecule has 0 aromatic heterocycles. The Hall–Kier alpha value is -0.660. The van der Waals surface area contributed by atoms with Crippen LogP contribution in [-0.2, 0) is 14.6 Å². The fourth-order valence-corrected chi connectivity index (χ4v) is 2.10. The van der Waals surface area contributed by atoms with Crippen molar-refractivity contribution in [2.75, 3.05) is 32.6 Å². The third-order valence-corrected chi connectivity index (χ3v) is 3.14. The Labute approximate surface area is 103 Å². The average Bonchev–Trinajstić information content (AvgIpc) is 2.11. The molecular formula is C10H23N3O3S. The number of rotatable bonds is 7. The monoisotopic (exact) mass is 265 g/mol. The van der Waals surface area contributed by atoms with Gasteiger partial charge in [-0.2, -0.15) is 0 Å². The molecule has 2 atom stereocenters. The number of hydrogen-bond acceptors (Lipinski definition) is 5. The number of nitrogens with one attached hydrogen (secondary N) is 1. The van der Waals surface area contributed by atoms with Crippen molar-refractivity contribution < 1.29 is 13.2 Å². The van der Waals surface area contributed by atoms with Crippen molar-refractivity contribution in [3.8, 4) is 0 Å². The molecule has 3 N–H and O–H groups in total. The molecule has 0 aliphatic rings. The summed E-state index contributed by atoms with van der Waals surface area (Å²) in [4.78, 5) is 13.6. The Kier molecular flexibility index (Phi) is 6.66. The Morgan fingerprint density at radius 1 is 1.41 bits per heavy atom. The van der Waals surface area contributed by atoms with Gasteiger partial charge in [0.2, 0.25) is 5.91 Å². The number of hydrogen-bond donors (Lipinski definition) is 2. The van der Waals surface area contributed by atoms with E-state index in [1.807, 2.05) is 25.9 Å². The molecule has 17 heavy (non-hydrogen) atoms. The maximum atomic E-state index is 11.6. The molecule has 0 spiro atoms. The van der Waals surface area contributed by atoms with Gasteiger partial charge in [-0.25, -0.2) is 8.42 Å². The van der Waals surface area contributed by atoms with E-state index in [4.69, 9.17) is 5.73 Å². The number of likely N-dealkylation sites (N-methyl/N-ethyl adjacent to an activating group) is 1. The topological polar surface area (TPSA) is 92.5 Å². The van der Waals surface area contributed by atoms with Crippen LogP contribution in [-0.4, -0.2) is 64.0 Å². The third kappa shape index (κ3) is 9.08. The van der Waals surface area contributed by atoms with E-state index in [2.05, 4.69) is 5.32 Å². The van der Waals surface area contributed by atoms with Crippen LogP contribution in [0.25, 0.3) is 0 Å². The van der Waals surface area contributed by atoms with Crippen LogP contribution >= 0.6 is 0 Å². The third-order valence-electron chi connectivity index (χ3n) is 2.16. The van der Waals surface area contributed by atoms with Crippen LogP contribution in [0.3, 0.4) is 0 Å². The number of nitrogens with two attached hydrogens (primary N) is 1. The van der Waals surface area contributed by atoms with Crippen LogP contribution in [0.4, 0.5) is 0 Å². The lowest BCUT2D eigenvalue weighted by atomic mass is 10.2. The summed E-state index contributed by atoms with van der Waals surface area (Å²) < 4.78 is 21.9. The molecule has 0 aromatic carbocycles. The highest BCUT2D eigenvalue weighted by atomic mass is 32.2. The van der Waals surface area contributed by atoms with Crippen LogP contribution < -0.4 is 11.1 Å². The van der Waals surface area contributed by atoms with Crippen molar-refractivity contribution in [3.63, 3.8) is 0 Å². The maximum absolute atomic E-state index is 11.6. The van der Waals surface area contributed by atoms with E-state index < -0.39 is 15.9 Å². The molecule has 0 rings (SSSR count). The van der Waals surface area contributed by atoms with E-state index in [0.29, 0.717) is 6.54 Å². The lowest BCUT2D eigenvalue weighted by Crippen LogP contribution is -2.47. The van der Waals surface area contributed by atoms with Crippen molar-refractivity contribution in [1.29, 1.82) is 0 Å². The van der Waals surface area contributed by atoms with E-state index in [9.17, 15) is 13.2 Å². The first kappa shape index (κ1) is 16.3. The molecule has 0 saturated carbocycles. The van der Waals surface area contributed by atoms with Gasteiger partial charge in [0.15, 0.2) is 0 Å². The van der Waals surface area contributed by atoms with E-state index in [1.54, 1.807) is 0 Å². The smallest absolute Gasteiger partial charge is 0.237 e. The van der Waals surface area contributed by atoms with Crippen LogP contribution in [0.1, 0.15) is 13.3 Å². The summed E-state index contributed by atoms with van der Waals surface area (Å²) in [6.07, 6.45) is 1.28. The fourth-order valence-electron chi connectivity index (χ4n) is 1.42. The molecular weight excluding hydrogens is 242 g/mol. The molecule has 1 amide bonds. The van der Waals surface area contributed by atoms with Gasteiger partial charge in [0, 0.05) is 18.8 Å². The van der Waals surface area contributed by atoms with Gasteiger partial charge in [-0.1, -0.05) is 0 Å². The van der Waals surface area contributed by atoms with Gasteiger partial charge in [0.25, 0.3) is 0 Å². The minimum Gasteiger partial charge on any atom is -0.351 e. The lowest BCUT2D eigenvalue weighted by Gasteiger charge is -2.20. The molecule has 2 unspecified atom stereocenters. The molecule has 0 aliphatic carbocycles. The second-order valence-corrected chi connectivity index (χ2v) is 6.96. The van der Waals surface area contributed by atoms with Crippen LogP contribution in [0.2, 0.25) is 0 Å². The summed E-state index contributed by atoms with van der Waals surface area (Å²) in [5.74, 6) is -0.369. The Balaban J connectivity index is 4.05. The predicted molar refractivity (Wildman–Crippen MR) is 68.5 cm³/mol. The number of carbonyl (C=O) groups is 1. The summed E-state index contributed by atoms with van der Waals surface area (Å²) in [5, 5.41) is 2.75. The number of sulfone groups is 1. The fraction of sp³-hybridized carbons (Fsp3) is 0.900. The van der Waals surface area contributed by atoms with Crippen molar-refractivity contribution in [3.05, 3.63) is 0 Å². The molecule has 6 nitrogen and oxygen atoms in total. The summed E-state index contributed by atoms with van der Waals surface area (Å²) in [7, 11) is 0.750. The van der Waals surface area contributed by atoms with E-state index in [0.717, 1.165) is 6.26 Å². The first-order valence-corrected chi connectivity index (χ1v) is 7.56. The maximum Gasteiger partial charge on any atom is 0.237 e. The van der Waals surface area contributed by atoms with Crippen molar-refractivity contribution >= 4 is 15.7 Å².